The zero-order valence-electron chi connectivity index (χ0n) is 9.45. The molecule has 0 saturated heterocycles. The maximum atomic E-state index is 4.43. The lowest BCUT2D eigenvalue weighted by molar-refractivity contribution is 0.752. The monoisotopic (exact) mass is 216 g/mol. The molecule has 84 valence electrons. The second-order valence-electron chi connectivity index (χ2n) is 4.53. The van der Waals surface area contributed by atoms with E-state index >= 15 is 0 Å². The van der Waals surface area contributed by atoms with Crippen LogP contribution in [-0.4, -0.2) is 21.2 Å². The van der Waals surface area contributed by atoms with Crippen LogP contribution in [0.1, 0.15) is 31.4 Å². The van der Waals surface area contributed by atoms with Crippen molar-refractivity contribution in [1.29, 1.82) is 0 Å². The van der Waals surface area contributed by atoms with Crippen LogP contribution in [0.2, 0.25) is 0 Å². The van der Waals surface area contributed by atoms with Gasteiger partial charge in [-0.15, -0.1) is 0 Å². The van der Waals surface area contributed by atoms with Crippen LogP contribution in [0.4, 0.5) is 5.82 Å². The minimum Gasteiger partial charge on any atom is -0.367 e. The van der Waals surface area contributed by atoms with Gasteiger partial charge < -0.3 is 5.32 Å². The lowest BCUT2D eigenvalue weighted by Gasteiger charge is -2.13. The maximum Gasteiger partial charge on any atom is 0.137 e. The molecule has 3 rings (SSSR count). The molecule has 0 radical (unpaired) electrons. The number of hydrogen-bond acceptors (Lipinski definition) is 3. The Kier molecular flexibility index (Phi) is 2.27. The number of rotatable bonds is 2. The first-order valence-electron chi connectivity index (χ1n) is 5.91. The molecule has 2 N–H and O–H groups in total. The third-order valence-electron chi connectivity index (χ3n) is 3.34. The molecule has 0 spiro atoms. The van der Waals surface area contributed by atoms with Crippen molar-refractivity contribution in [3.63, 3.8) is 0 Å². The molecule has 1 fully saturated rings. The summed E-state index contributed by atoms with van der Waals surface area (Å²) in [6, 6.07) is 2.53. The standard InChI is InChI=1S/C12H16N4/c1-8-11-10(16-15-8)6-7-13-12(11)14-9-4-2-3-5-9/h6-7,9H,2-5H2,1H3,(H,13,14)(H,15,16). The molecule has 4 heteroatoms. The molecule has 2 aromatic heterocycles. The summed E-state index contributed by atoms with van der Waals surface area (Å²) in [6.45, 7) is 2.04. The quantitative estimate of drug-likeness (QED) is 0.811. The number of hydrogen-bond donors (Lipinski definition) is 2. The predicted molar refractivity (Wildman–Crippen MR) is 64.5 cm³/mol. The smallest absolute Gasteiger partial charge is 0.137 e. The van der Waals surface area contributed by atoms with Gasteiger partial charge in [0.15, 0.2) is 0 Å². The van der Waals surface area contributed by atoms with Gasteiger partial charge in [0.25, 0.3) is 0 Å². The first-order chi connectivity index (χ1) is 7.84. The summed E-state index contributed by atoms with van der Waals surface area (Å²) < 4.78 is 0. The number of nitrogens with zero attached hydrogens (tertiary/aromatic N) is 2. The Balaban J connectivity index is 1.98. The number of aromatic nitrogens is 3. The van der Waals surface area contributed by atoms with Gasteiger partial charge in [-0.05, 0) is 25.8 Å². The van der Waals surface area contributed by atoms with Gasteiger partial charge in [-0.3, -0.25) is 5.10 Å². The second-order valence-corrected chi connectivity index (χ2v) is 4.53. The molecule has 0 amide bonds. The Bertz CT molecular complexity index is 497. The summed E-state index contributed by atoms with van der Waals surface area (Å²) in [5, 5.41) is 11.9. The number of aryl methyl sites for hydroxylation is 1. The minimum atomic E-state index is 0.590. The Labute approximate surface area is 94.5 Å². The minimum absolute atomic E-state index is 0.590. The zero-order chi connectivity index (χ0) is 11.0. The van der Waals surface area contributed by atoms with Crippen LogP contribution in [0.15, 0.2) is 12.3 Å². The van der Waals surface area contributed by atoms with E-state index in [1.54, 1.807) is 0 Å². The van der Waals surface area contributed by atoms with E-state index in [-0.39, 0.29) is 0 Å². The highest BCUT2D eigenvalue weighted by atomic mass is 15.1. The summed E-state index contributed by atoms with van der Waals surface area (Å²) in [7, 11) is 0. The lowest BCUT2D eigenvalue weighted by atomic mass is 10.2. The largest absolute Gasteiger partial charge is 0.367 e. The molecular weight excluding hydrogens is 200 g/mol. The van der Waals surface area contributed by atoms with Crippen LogP contribution in [0.5, 0.6) is 0 Å². The average Bonchev–Trinajstić information content (AvgIpc) is 2.90. The fourth-order valence-corrected chi connectivity index (χ4v) is 2.49. The van der Waals surface area contributed by atoms with E-state index in [0.717, 1.165) is 22.4 Å². The highest BCUT2D eigenvalue weighted by Crippen LogP contribution is 2.26. The number of pyridine rings is 1. The van der Waals surface area contributed by atoms with Gasteiger partial charge in [0, 0.05) is 17.9 Å². The Hall–Kier alpha value is -1.58. The van der Waals surface area contributed by atoms with Crippen LogP contribution in [0.25, 0.3) is 10.9 Å². The number of aromatic amines is 1. The van der Waals surface area contributed by atoms with Crippen LogP contribution in [0, 0.1) is 6.92 Å². The molecule has 2 aromatic rings. The molecule has 0 bridgehead atoms. The first-order valence-corrected chi connectivity index (χ1v) is 5.91. The van der Waals surface area contributed by atoms with Crippen molar-refractivity contribution in [3.8, 4) is 0 Å². The molecule has 1 aliphatic rings. The van der Waals surface area contributed by atoms with Gasteiger partial charge >= 0.3 is 0 Å². The van der Waals surface area contributed by atoms with Crippen molar-refractivity contribution in [2.75, 3.05) is 5.32 Å². The first kappa shape index (κ1) is 9.63. The van der Waals surface area contributed by atoms with Crippen LogP contribution >= 0.6 is 0 Å². The fourth-order valence-electron chi connectivity index (χ4n) is 2.49. The number of anilines is 1. The fraction of sp³-hybridized carbons (Fsp3) is 0.500. The maximum absolute atomic E-state index is 4.43. The predicted octanol–water partition coefficient (Wildman–Crippen LogP) is 2.62. The molecule has 0 atom stereocenters. The van der Waals surface area contributed by atoms with Gasteiger partial charge in [-0.2, -0.15) is 5.10 Å². The highest BCUT2D eigenvalue weighted by molar-refractivity contribution is 5.91. The summed E-state index contributed by atoms with van der Waals surface area (Å²) in [5.41, 5.74) is 2.08. The molecule has 2 heterocycles. The average molecular weight is 216 g/mol. The summed E-state index contributed by atoms with van der Waals surface area (Å²) in [6.07, 6.45) is 7.00. The third-order valence-corrected chi connectivity index (χ3v) is 3.34. The Morgan fingerprint density at radius 1 is 1.38 bits per heavy atom. The Morgan fingerprint density at radius 2 is 2.19 bits per heavy atom. The van der Waals surface area contributed by atoms with Crippen LogP contribution < -0.4 is 5.32 Å². The van der Waals surface area contributed by atoms with Crippen molar-refractivity contribution in [1.82, 2.24) is 15.2 Å². The van der Waals surface area contributed by atoms with Gasteiger partial charge in [-0.1, -0.05) is 12.8 Å². The van der Waals surface area contributed by atoms with E-state index in [1.165, 1.54) is 25.7 Å². The SMILES string of the molecule is Cc1[nH]nc2ccnc(NC3CCCC3)c12. The van der Waals surface area contributed by atoms with Crippen molar-refractivity contribution in [2.45, 2.75) is 38.6 Å². The third kappa shape index (κ3) is 1.54. The summed E-state index contributed by atoms with van der Waals surface area (Å²) >= 11 is 0. The normalized spacial score (nSPS) is 17.1. The van der Waals surface area contributed by atoms with E-state index in [0.29, 0.717) is 6.04 Å². The lowest BCUT2D eigenvalue weighted by Crippen LogP contribution is -2.15. The van der Waals surface area contributed by atoms with Crippen LogP contribution in [-0.2, 0) is 0 Å². The van der Waals surface area contributed by atoms with Crippen molar-refractivity contribution in [2.24, 2.45) is 0 Å². The number of H-pyrrole nitrogens is 1. The van der Waals surface area contributed by atoms with Gasteiger partial charge in [-0.25, -0.2) is 4.98 Å². The molecule has 0 aliphatic heterocycles. The van der Waals surface area contributed by atoms with Gasteiger partial charge in [0.05, 0.1) is 10.9 Å². The topological polar surface area (TPSA) is 53.6 Å². The van der Waals surface area contributed by atoms with E-state index in [9.17, 15) is 0 Å². The molecule has 4 nitrogen and oxygen atoms in total. The molecule has 1 aliphatic carbocycles. The van der Waals surface area contributed by atoms with Gasteiger partial charge in [0.1, 0.15) is 5.82 Å². The van der Waals surface area contributed by atoms with Crippen molar-refractivity contribution < 1.29 is 0 Å². The molecule has 16 heavy (non-hydrogen) atoms. The molecule has 0 aromatic carbocycles. The molecule has 0 unspecified atom stereocenters. The van der Waals surface area contributed by atoms with E-state index < -0.39 is 0 Å². The Morgan fingerprint density at radius 3 is 3.00 bits per heavy atom. The van der Waals surface area contributed by atoms with Crippen molar-refractivity contribution >= 4 is 16.7 Å². The van der Waals surface area contributed by atoms with E-state index in [1.807, 2.05) is 19.2 Å². The zero-order valence-corrected chi connectivity index (χ0v) is 9.45. The highest BCUT2D eigenvalue weighted by Gasteiger charge is 2.17. The van der Waals surface area contributed by atoms with E-state index in [2.05, 4.69) is 20.5 Å². The molecular formula is C12H16N4. The number of nitrogens with one attached hydrogen (secondary N) is 2. The van der Waals surface area contributed by atoms with Crippen LogP contribution in [0.3, 0.4) is 0 Å². The van der Waals surface area contributed by atoms with E-state index in [4.69, 9.17) is 0 Å². The summed E-state index contributed by atoms with van der Waals surface area (Å²) in [4.78, 5) is 4.43. The molecule has 1 saturated carbocycles. The number of fused-ring (bicyclic) bond motifs is 1. The van der Waals surface area contributed by atoms with Gasteiger partial charge in [0.2, 0.25) is 0 Å². The second kappa shape index (κ2) is 3.77. The van der Waals surface area contributed by atoms with Crippen molar-refractivity contribution in [3.05, 3.63) is 18.0 Å². The summed E-state index contributed by atoms with van der Waals surface area (Å²) in [5.74, 6) is 0.982.